The van der Waals surface area contributed by atoms with E-state index in [2.05, 4.69) is 25.3 Å². The number of hydrogen-bond donors (Lipinski definition) is 1. The zero-order chi connectivity index (χ0) is 18.8. The third kappa shape index (κ3) is 4.48. The Labute approximate surface area is 159 Å². The summed E-state index contributed by atoms with van der Waals surface area (Å²) in [6.45, 7) is 5.61. The molecule has 1 N–H and O–H groups in total. The number of hydrogen-bond acceptors (Lipinski definition) is 6. The number of rotatable bonds is 5. The van der Waals surface area contributed by atoms with Gasteiger partial charge >= 0.3 is 0 Å². The fourth-order valence-electron chi connectivity index (χ4n) is 4.31. The molecule has 3 heterocycles. The van der Waals surface area contributed by atoms with Crippen LogP contribution in [0.15, 0.2) is 4.42 Å². The van der Waals surface area contributed by atoms with Crippen LogP contribution in [0.4, 0.5) is 0 Å². The lowest BCUT2D eigenvalue weighted by atomic mass is 9.93. The second-order valence-corrected chi connectivity index (χ2v) is 8.10. The minimum absolute atomic E-state index is 0.00824. The van der Waals surface area contributed by atoms with Crippen molar-refractivity contribution >= 4 is 11.8 Å². The van der Waals surface area contributed by atoms with Crippen LogP contribution < -0.4 is 5.32 Å². The van der Waals surface area contributed by atoms with E-state index < -0.39 is 0 Å². The number of likely N-dealkylation sites (tertiary alicyclic amines) is 2. The van der Waals surface area contributed by atoms with Crippen molar-refractivity contribution in [1.82, 2.24) is 25.3 Å². The van der Waals surface area contributed by atoms with Crippen LogP contribution in [0.25, 0.3) is 0 Å². The monoisotopic (exact) mass is 375 g/mol. The van der Waals surface area contributed by atoms with Crippen molar-refractivity contribution in [3.05, 3.63) is 11.8 Å². The molecule has 2 amide bonds. The maximum absolute atomic E-state index is 12.5. The topological polar surface area (TPSA) is 91.6 Å². The Morgan fingerprint density at radius 2 is 1.85 bits per heavy atom. The maximum atomic E-state index is 12.5. The molecule has 3 fully saturated rings. The third-order valence-electron chi connectivity index (χ3n) is 6.02. The van der Waals surface area contributed by atoms with Gasteiger partial charge in [-0.2, -0.15) is 0 Å². The van der Waals surface area contributed by atoms with Crippen molar-refractivity contribution in [1.29, 1.82) is 0 Å². The van der Waals surface area contributed by atoms with Crippen LogP contribution in [0.2, 0.25) is 0 Å². The van der Waals surface area contributed by atoms with Crippen molar-refractivity contribution in [3.8, 4) is 0 Å². The van der Waals surface area contributed by atoms with Gasteiger partial charge in [0.1, 0.15) is 0 Å². The molecule has 27 heavy (non-hydrogen) atoms. The highest BCUT2D eigenvalue weighted by molar-refractivity contribution is 5.81. The van der Waals surface area contributed by atoms with Gasteiger partial charge in [0.25, 0.3) is 0 Å². The number of carbonyl (C=O) groups is 2. The van der Waals surface area contributed by atoms with Gasteiger partial charge in [-0.3, -0.25) is 14.5 Å². The molecule has 1 saturated carbocycles. The van der Waals surface area contributed by atoms with Gasteiger partial charge in [0.15, 0.2) is 0 Å². The van der Waals surface area contributed by atoms with Crippen LogP contribution in [-0.4, -0.2) is 64.0 Å². The molecule has 1 unspecified atom stereocenters. The van der Waals surface area contributed by atoms with Crippen LogP contribution in [-0.2, 0) is 16.1 Å². The lowest BCUT2D eigenvalue weighted by molar-refractivity contribution is -0.134. The van der Waals surface area contributed by atoms with Gasteiger partial charge in [0.05, 0.1) is 12.5 Å². The molecule has 0 aromatic carbocycles. The van der Waals surface area contributed by atoms with E-state index in [9.17, 15) is 9.59 Å². The number of piperidine rings is 2. The van der Waals surface area contributed by atoms with E-state index >= 15 is 0 Å². The lowest BCUT2D eigenvalue weighted by Crippen LogP contribution is -2.51. The summed E-state index contributed by atoms with van der Waals surface area (Å²) in [5, 5.41) is 10.6. The Kier molecular flexibility index (Phi) is 5.43. The van der Waals surface area contributed by atoms with E-state index in [0.29, 0.717) is 29.6 Å². The van der Waals surface area contributed by atoms with Crippen molar-refractivity contribution in [2.24, 2.45) is 11.8 Å². The molecule has 8 heteroatoms. The first-order valence-electron chi connectivity index (χ1n) is 10.2. The standard InChI is InChI=1S/C19H29N5O3/c1-13-21-22-17(27-13)11-20-18(25)15-3-2-8-24(12-15)16-6-9-23(10-7-16)19(26)14-4-5-14/h14-16H,2-12H2,1H3,(H,20,25). The van der Waals surface area contributed by atoms with Crippen molar-refractivity contribution < 1.29 is 14.0 Å². The van der Waals surface area contributed by atoms with Crippen LogP contribution in [0.1, 0.15) is 50.3 Å². The van der Waals surface area contributed by atoms with E-state index in [1.165, 1.54) is 0 Å². The molecule has 0 spiro atoms. The Morgan fingerprint density at radius 3 is 2.52 bits per heavy atom. The minimum Gasteiger partial charge on any atom is -0.424 e. The highest BCUT2D eigenvalue weighted by atomic mass is 16.4. The largest absolute Gasteiger partial charge is 0.424 e. The molecule has 2 saturated heterocycles. The number of amides is 2. The third-order valence-corrected chi connectivity index (χ3v) is 6.02. The summed E-state index contributed by atoms with van der Waals surface area (Å²) < 4.78 is 5.31. The van der Waals surface area contributed by atoms with Gasteiger partial charge in [0, 0.05) is 38.5 Å². The average molecular weight is 375 g/mol. The summed E-state index contributed by atoms with van der Waals surface area (Å²) in [7, 11) is 0. The predicted octanol–water partition coefficient (Wildman–Crippen LogP) is 1.11. The highest BCUT2D eigenvalue weighted by Crippen LogP contribution is 2.32. The van der Waals surface area contributed by atoms with E-state index in [-0.39, 0.29) is 18.4 Å². The maximum Gasteiger partial charge on any atom is 0.235 e. The molecule has 1 atom stereocenters. The molecule has 2 aliphatic heterocycles. The first kappa shape index (κ1) is 18.4. The Balaban J connectivity index is 1.24. The normalized spacial score (nSPS) is 24.8. The number of nitrogens with one attached hydrogen (secondary N) is 1. The van der Waals surface area contributed by atoms with Crippen LogP contribution >= 0.6 is 0 Å². The predicted molar refractivity (Wildman–Crippen MR) is 97.5 cm³/mol. The summed E-state index contributed by atoms with van der Waals surface area (Å²) in [5.74, 6) is 1.70. The molecule has 0 radical (unpaired) electrons. The summed E-state index contributed by atoms with van der Waals surface area (Å²) in [4.78, 5) is 29.3. The molecule has 4 rings (SSSR count). The first-order chi connectivity index (χ1) is 13.1. The molecule has 1 aliphatic carbocycles. The molecule has 8 nitrogen and oxygen atoms in total. The second-order valence-electron chi connectivity index (χ2n) is 8.10. The first-order valence-corrected chi connectivity index (χ1v) is 10.2. The number of aryl methyl sites for hydroxylation is 1. The van der Waals surface area contributed by atoms with Gasteiger partial charge in [-0.1, -0.05) is 0 Å². The smallest absolute Gasteiger partial charge is 0.235 e. The number of carbonyl (C=O) groups excluding carboxylic acids is 2. The van der Waals surface area contributed by atoms with Gasteiger partial charge in [-0.15, -0.1) is 10.2 Å². The summed E-state index contributed by atoms with van der Waals surface area (Å²) in [6.07, 6.45) is 6.15. The van der Waals surface area contributed by atoms with Crippen molar-refractivity contribution in [2.45, 2.75) is 58.0 Å². The SMILES string of the molecule is Cc1nnc(CNC(=O)C2CCCN(C3CCN(C(=O)C4CC4)CC3)C2)o1. The van der Waals surface area contributed by atoms with Gasteiger partial charge in [-0.25, -0.2) is 0 Å². The number of aromatic nitrogens is 2. The van der Waals surface area contributed by atoms with Gasteiger partial charge in [0.2, 0.25) is 23.6 Å². The fraction of sp³-hybridized carbons (Fsp3) is 0.789. The summed E-state index contributed by atoms with van der Waals surface area (Å²) in [5.41, 5.74) is 0. The van der Waals surface area contributed by atoms with Gasteiger partial charge < -0.3 is 14.6 Å². The van der Waals surface area contributed by atoms with Crippen LogP contribution in [0.3, 0.4) is 0 Å². The summed E-state index contributed by atoms with van der Waals surface area (Å²) in [6, 6.07) is 0.488. The Bertz CT molecular complexity index is 679. The van der Waals surface area contributed by atoms with E-state index in [4.69, 9.17) is 4.42 Å². The quantitative estimate of drug-likeness (QED) is 0.829. The van der Waals surface area contributed by atoms with Crippen molar-refractivity contribution in [2.75, 3.05) is 26.2 Å². The second kappa shape index (κ2) is 7.96. The van der Waals surface area contributed by atoms with Crippen LogP contribution in [0.5, 0.6) is 0 Å². The fourth-order valence-corrected chi connectivity index (χ4v) is 4.31. The molecule has 0 bridgehead atoms. The molecule has 148 valence electrons. The number of nitrogens with zero attached hydrogens (tertiary/aromatic N) is 4. The highest BCUT2D eigenvalue weighted by Gasteiger charge is 2.37. The molecule has 3 aliphatic rings. The summed E-state index contributed by atoms with van der Waals surface area (Å²) >= 11 is 0. The van der Waals surface area contributed by atoms with Gasteiger partial charge in [-0.05, 0) is 45.1 Å². The van der Waals surface area contributed by atoms with Crippen LogP contribution in [0, 0.1) is 18.8 Å². The van der Waals surface area contributed by atoms with E-state index in [0.717, 1.165) is 64.7 Å². The Morgan fingerprint density at radius 1 is 1.07 bits per heavy atom. The van der Waals surface area contributed by atoms with E-state index in [1.54, 1.807) is 6.92 Å². The average Bonchev–Trinajstić information content (AvgIpc) is 3.47. The molecular weight excluding hydrogens is 346 g/mol. The van der Waals surface area contributed by atoms with Crippen molar-refractivity contribution in [3.63, 3.8) is 0 Å². The van der Waals surface area contributed by atoms with E-state index in [1.807, 2.05) is 0 Å². The minimum atomic E-state index is 0.00824. The molecule has 1 aromatic heterocycles. The molecule has 1 aromatic rings. The Hall–Kier alpha value is -1.96. The zero-order valence-electron chi connectivity index (χ0n) is 16.0. The zero-order valence-corrected chi connectivity index (χ0v) is 16.0. The molecular formula is C19H29N5O3. The lowest BCUT2D eigenvalue weighted by Gasteiger charge is -2.42.